The molecule has 16 heavy (non-hydrogen) atoms. The van der Waals surface area contributed by atoms with Gasteiger partial charge in [-0.3, -0.25) is 0 Å². The zero-order valence-corrected chi connectivity index (χ0v) is 10.5. The van der Waals surface area contributed by atoms with Gasteiger partial charge in [0.2, 0.25) is 0 Å². The average Bonchev–Trinajstić information content (AvgIpc) is 2.29. The molecule has 4 nitrogen and oxygen atoms in total. The molecule has 94 valence electrons. The summed E-state index contributed by atoms with van der Waals surface area (Å²) in [6.07, 6.45) is 4.59. The summed E-state index contributed by atoms with van der Waals surface area (Å²) in [7, 11) is 0. The van der Waals surface area contributed by atoms with Crippen LogP contribution in [-0.2, 0) is 0 Å². The summed E-state index contributed by atoms with van der Waals surface area (Å²) < 4.78 is 0. The Balaban J connectivity index is 2.03. The van der Waals surface area contributed by atoms with Crippen LogP contribution in [0.2, 0.25) is 0 Å². The van der Waals surface area contributed by atoms with Gasteiger partial charge in [-0.25, -0.2) is 4.79 Å². The van der Waals surface area contributed by atoms with Crippen molar-refractivity contribution in [2.75, 3.05) is 19.6 Å². The van der Waals surface area contributed by atoms with Crippen LogP contribution in [0.1, 0.15) is 39.5 Å². The second-order valence-electron chi connectivity index (χ2n) is 4.74. The molecule has 0 aliphatic carbocycles. The SMILES string of the molecule is CCCCNC(=O)NCC1CCC(C)NC1. The smallest absolute Gasteiger partial charge is 0.314 e. The van der Waals surface area contributed by atoms with E-state index in [0.717, 1.165) is 32.5 Å². The van der Waals surface area contributed by atoms with Crippen LogP contribution < -0.4 is 16.0 Å². The first-order valence-corrected chi connectivity index (χ1v) is 6.47. The lowest BCUT2D eigenvalue weighted by atomic mass is 9.95. The fourth-order valence-electron chi connectivity index (χ4n) is 1.91. The highest BCUT2D eigenvalue weighted by Gasteiger charge is 2.17. The molecule has 0 aromatic carbocycles. The van der Waals surface area contributed by atoms with Crippen molar-refractivity contribution in [3.05, 3.63) is 0 Å². The van der Waals surface area contributed by atoms with E-state index >= 15 is 0 Å². The number of carbonyl (C=O) groups excluding carboxylic acids is 1. The Labute approximate surface area is 98.6 Å². The van der Waals surface area contributed by atoms with E-state index in [9.17, 15) is 4.79 Å². The second kappa shape index (κ2) is 7.49. The summed E-state index contributed by atoms with van der Waals surface area (Å²) >= 11 is 0. The molecule has 0 saturated carbocycles. The van der Waals surface area contributed by atoms with Crippen LogP contribution in [0.4, 0.5) is 4.79 Å². The summed E-state index contributed by atoms with van der Waals surface area (Å²) in [5, 5.41) is 9.23. The van der Waals surface area contributed by atoms with E-state index in [1.807, 2.05) is 0 Å². The predicted octanol–water partition coefficient (Wildman–Crippen LogP) is 1.47. The van der Waals surface area contributed by atoms with E-state index in [1.54, 1.807) is 0 Å². The van der Waals surface area contributed by atoms with Crippen molar-refractivity contribution in [2.45, 2.75) is 45.6 Å². The molecule has 0 radical (unpaired) electrons. The number of carbonyl (C=O) groups is 1. The molecule has 2 amide bonds. The Bertz CT molecular complexity index is 200. The van der Waals surface area contributed by atoms with Crippen LogP contribution in [0, 0.1) is 5.92 Å². The van der Waals surface area contributed by atoms with E-state index in [4.69, 9.17) is 0 Å². The van der Waals surface area contributed by atoms with Gasteiger partial charge in [0.25, 0.3) is 0 Å². The summed E-state index contributed by atoms with van der Waals surface area (Å²) in [6, 6.07) is 0.613. The molecule has 1 rings (SSSR count). The first-order chi connectivity index (χ1) is 7.72. The largest absolute Gasteiger partial charge is 0.338 e. The first-order valence-electron chi connectivity index (χ1n) is 6.47. The molecule has 1 aliphatic heterocycles. The van der Waals surface area contributed by atoms with Crippen LogP contribution in [0.5, 0.6) is 0 Å². The quantitative estimate of drug-likeness (QED) is 0.623. The van der Waals surface area contributed by atoms with Gasteiger partial charge in [0.05, 0.1) is 0 Å². The third-order valence-corrected chi connectivity index (χ3v) is 3.13. The van der Waals surface area contributed by atoms with Crippen molar-refractivity contribution in [1.29, 1.82) is 0 Å². The number of unbranched alkanes of at least 4 members (excludes halogenated alkanes) is 1. The molecular formula is C12H25N3O. The van der Waals surface area contributed by atoms with Crippen molar-refractivity contribution >= 4 is 6.03 Å². The number of nitrogens with one attached hydrogen (secondary N) is 3. The lowest BCUT2D eigenvalue weighted by Crippen LogP contribution is -2.44. The van der Waals surface area contributed by atoms with Gasteiger partial charge in [-0.2, -0.15) is 0 Å². The van der Waals surface area contributed by atoms with Gasteiger partial charge < -0.3 is 16.0 Å². The molecule has 0 aromatic rings. The highest BCUT2D eigenvalue weighted by molar-refractivity contribution is 5.73. The van der Waals surface area contributed by atoms with E-state index in [0.29, 0.717) is 12.0 Å². The monoisotopic (exact) mass is 227 g/mol. The number of hydrogen-bond acceptors (Lipinski definition) is 2. The molecule has 2 atom stereocenters. The van der Waals surface area contributed by atoms with Gasteiger partial charge >= 0.3 is 6.03 Å². The van der Waals surface area contributed by atoms with Crippen LogP contribution in [0.25, 0.3) is 0 Å². The Morgan fingerprint density at radius 3 is 2.81 bits per heavy atom. The summed E-state index contributed by atoms with van der Waals surface area (Å²) in [6.45, 7) is 6.92. The zero-order valence-electron chi connectivity index (χ0n) is 10.5. The topological polar surface area (TPSA) is 53.2 Å². The normalized spacial score (nSPS) is 25.1. The molecule has 1 fully saturated rings. The number of rotatable bonds is 5. The van der Waals surface area contributed by atoms with E-state index in [1.165, 1.54) is 12.8 Å². The third kappa shape index (κ3) is 5.35. The molecule has 4 heteroatoms. The van der Waals surface area contributed by atoms with Crippen molar-refractivity contribution < 1.29 is 4.79 Å². The zero-order chi connectivity index (χ0) is 11.8. The predicted molar refractivity (Wildman–Crippen MR) is 66.5 cm³/mol. The minimum atomic E-state index is -0.0212. The molecule has 0 spiro atoms. The third-order valence-electron chi connectivity index (χ3n) is 3.13. The fraction of sp³-hybridized carbons (Fsp3) is 0.917. The molecule has 0 aromatic heterocycles. The van der Waals surface area contributed by atoms with Gasteiger partial charge in [0, 0.05) is 19.1 Å². The minimum Gasteiger partial charge on any atom is -0.338 e. The van der Waals surface area contributed by atoms with E-state index < -0.39 is 0 Å². The Hall–Kier alpha value is -0.770. The molecule has 1 aliphatic rings. The van der Waals surface area contributed by atoms with Gasteiger partial charge in [-0.15, -0.1) is 0 Å². The maximum atomic E-state index is 11.4. The Morgan fingerprint density at radius 1 is 1.38 bits per heavy atom. The van der Waals surface area contributed by atoms with Crippen molar-refractivity contribution in [1.82, 2.24) is 16.0 Å². The van der Waals surface area contributed by atoms with Gasteiger partial charge in [-0.05, 0) is 38.6 Å². The van der Waals surface area contributed by atoms with Gasteiger partial charge in [-0.1, -0.05) is 13.3 Å². The van der Waals surface area contributed by atoms with Crippen molar-refractivity contribution in [3.63, 3.8) is 0 Å². The maximum absolute atomic E-state index is 11.4. The molecule has 0 bridgehead atoms. The van der Waals surface area contributed by atoms with Crippen molar-refractivity contribution in [2.24, 2.45) is 5.92 Å². The molecule has 2 unspecified atom stereocenters. The van der Waals surface area contributed by atoms with E-state index in [-0.39, 0.29) is 6.03 Å². The average molecular weight is 227 g/mol. The summed E-state index contributed by atoms with van der Waals surface area (Å²) in [5.41, 5.74) is 0. The van der Waals surface area contributed by atoms with Crippen LogP contribution >= 0.6 is 0 Å². The molecule has 1 heterocycles. The highest BCUT2D eigenvalue weighted by atomic mass is 16.2. The number of amides is 2. The Kier molecular flexibility index (Phi) is 6.23. The lowest BCUT2D eigenvalue weighted by Gasteiger charge is -2.27. The first kappa shape index (κ1) is 13.3. The van der Waals surface area contributed by atoms with Crippen LogP contribution in [0.3, 0.4) is 0 Å². The molecule has 3 N–H and O–H groups in total. The minimum absolute atomic E-state index is 0.0212. The fourth-order valence-corrected chi connectivity index (χ4v) is 1.91. The van der Waals surface area contributed by atoms with Crippen LogP contribution in [0.15, 0.2) is 0 Å². The van der Waals surface area contributed by atoms with Crippen molar-refractivity contribution in [3.8, 4) is 0 Å². The van der Waals surface area contributed by atoms with Crippen LogP contribution in [-0.4, -0.2) is 31.7 Å². The standard InChI is InChI=1S/C12H25N3O/c1-3-4-7-13-12(16)15-9-11-6-5-10(2)14-8-11/h10-11,14H,3-9H2,1-2H3,(H2,13,15,16). The van der Waals surface area contributed by atoms with Gasteiger partial charge in [0.15, 0.2) is 0 Å². The van der Waals surface area contributed by atoms with E-state index in [2.05, 4.69) is 29.8 Å². The highest BCUT2D eigenvalue weighted by Crippen LogP contribution is 2.12. The molecule has 1 saturated heterocycles. The summed E-state index contributed by atoms with van der Waals surface area (Å²) in [5.74, 6) is 0.591. The van der Waals surface area contributed by atoms with Gasteiger partial charge in [0.1, 0.15) is 0 Å². The number of hydrogen-bond donors (Lipinski definition) is 3. The lowest BCUT2D eigenvalue weighted by molar-refractivity contribution is 0.235. The second-order valence-corrected chi connectivity index (χ2v) is 4.74. The number of piperidine rings is 1. The number of urea groups is 1. The Morgan fingerprint density at radius 2 is 2.19 bits per heavy atom. The molecular weight excluding hydrogens is 202 g/mol. The summed E-state index contributed by atoms with van der Waals surface area (Å²) in [4.78, 5) is 11.4. The maximum Gasteiger partial charge on any atom is 0.314 e.